The van der Waals surface area contributed by atoms with Crippen LogP contribution in [0.15, 0.2) is 130 Å². The zero-order valence-electron chi connectivity index (χ0n) is 32.1. The number of rotatable bonds is 17. The van der Waals surface area contributed by atoms with Gasteiger partial charge in [-0.2, -0.15) is 10.2 Å². The zero-order chi connectivity index (χ0) is 39.3. The SMILES string of the molecule is CNCCCNC(=O)c1cc2ccccc2c(N=Nc2ccc(CCc3ccc(N=Nc4c(O)c(C(=O)NCCCNC)cc5ccccc45)cc3)cc2)c1C. The number of hydrogen-bond donors (Lipinski definition) is 5. The number of nitrogens with zero attached hydrogens (tertiary/aromatic N) is 4. The van der Waals surface area contributed by atoms with Crippen molar-refractivity contribution in [1.82, 2.24) is 21.3 Å². The largest absolute Gasteiger partial charge is 0.505 e. The molecule has 0 aliphatic heterocycles. The van der Waals surface area contributed by atoms with Gasteiger partial charge in [0, 0.05) is 29.4 Å². The third-order valence-corrected chi connectivity index (χ3v) is 9.64. The molecule has 0 atom stereocenters. The Morgan fingerprint density at radius 3 is 1.52 bits per heavy atom. The van der Waals surface area contributed by atoms with E-state index in [1.165, 1.54) is 5.56 Å². The molecule has 0 fully saturated rings. The van der Waals surface area contributed by atoms with Crippen molar-refractivity contribution < 1.29 is 14.7 Å². The van der Waals surface area contributed by atoms with E-state index in [4.69, 9.17) is 0 Å². The molecule has 11 nitrogen and oxygen atoms in total. The number of amides is 2. The molecule has 0 saturated carbocycles. The topological polar surface area (TPSA) is 152 Å². The van der Waals surface area contributed by atoms with E-state index >= 15 is 0 Å². The number of aromatic hydroxyl groups is 1. The number of hydrogen-bond acceptors (Lipinski definition) is 9. The van der Waals surface area contributed by atoms with E-state index in [9.17, 15) is 14.7 Å². The van der Waals surface area contributed by atoms with Crippen LogP contribution in [-0.4, -0.2) is 57.2 Å². The number of nitrogens with one attached hydrogen (secondary N) is 4. The van der Waals surface area contributed by atoms with Crippen LogP contribution < -0.4 is 21.3 Å². The number of phenolic OH excluding ortho intramolecular Hbond substituents is 1. The van der Waals surface area contributed by atoms with E-state index in [0.717, 1.165) is 71.7 Å². The Balaban J connectivity index is 1.09. The predicted molar refractivity (Wildman–Crippen MR) is 225 cm³/mol. The van der Waals surface area contributed by atoms with E-state index in [2.05, 4.69) is 53.9 Å². The van der Waals surface area contributed by atoms with Crippen molar-refractivity contribution >= 4 is 56.1 Å². The number of azo groups is 2. The lowest BCUT2D eigenvalue weighted by Gasteiger charge is -2.12. The van der Waals surface area contributed by atoms with Crippen LogP contribution in [0, 0.1) is 6.92 Å². The van der Waals surface area contributed by atoms with Crippen molar-refractivity contribution in [3.63, 3.8) is 0 Å². The van der Waals surface area contributed by atoms with Gasteiger partial charge in [-0.25, -0.2) is 0 Å². The number of phenols is 1. The van der Waals surface area contributed by atoms with Gasteiger partial charge in [0.15, 0.2) is 5.75 Å². The standard InChI is InChI=1S/C45H48N8O3/c1-30-39(44(55)48-26-8-24-46-2)28-33-10-4-6-12-37(33)41(30)52-50-35-20-16-31(17-21-35)14-15-32-18-22-36(23-19-32)51-53-42-38-13-7-5-11-34(38)29-40(43(42)54)45(56)49-27-9-25-47-3/h4-7,10-13,16-23,28-29,46-47,54H,8-9,14-15,24-27H2,1-3H3,(H,48,55)(H,49,56). The highest BCUT2D eigenvalue weighted by atomic mass is 16.3. The second-order valence-electron chi connectivity index (χ2n) is 13.6. The second kappa shape index (κ2) is 19.3. The van der Waals surface area contributed by atoms with E-state index in [0.29, 0.717) is 35.4 Å². The van der Waals surface area contributed by atoms with Crippen molar-refractivity contribution in [3.8, 4) is 5.75 Å². The minimum atomic E-state index is -0.354. The van der Waals surface area contributed by atoms with Gasteiger partial charge in [0.25, 0.3) is 11.8 Å². The highest BCUT2D eigenvalue weighted by Crippen LogP contribution is 2.39. The molecule has 0 aromatic heterocycles. The normalized spacial score (nSPS) is 11.6. The molecule has 5 N–H and O–H groups in total. The van der Waals surface area contributed by atoms with Crippen molar-refractivity contribution in [3.05, 3.63) is 137 Å². The van der Waals surface area contributed by atoms with Gasteiger partial charge in [-0.15, -0.1) is 10.2 Å². The summed E-state index contributed by atoms with van der Waals surface area (Å²) in [5.74, 6) is -0.665. The lowest BCUT2D eigenvalue weighted by atomic mass is 9.98. The monoisotopic (exact) mass is 748 g/mol. The first-order valence-corrected chi connectivity index (χ1v) is 19.0. The van der Waals surface area contributed by atoms with Gasteiger partial charge in [-0.1, -0.05) is 72.8 Å². The molecule has 0 spiro atoms. The fraction of sp³-hybridized carbons (Fsp3) is 0.244. The van der Waals surface area contributed by atoms with Gasteiger partial charge in [0.1, 0.15) is 5.69 Å². The van der Waals surface area contributed by atoms with Crippen molar-refractivity contribution in [2.24, 2.45) is 20.5 Å². The molecule has 0 aliphatic carbocycles. The summed E-state index contributed by atoms with van der Waals surface area (Å²) in [6.45, 7) is 4.61. The average Bonchev–Trinajstić information content (AvgIpc) is 3.22. The van der Waals surface area contributed by atoms with Crippen LogP contribution >= 0.6 is 0 Å². The lowest BCUT2D eigenvalue weighted by molar-refractivity contribution is 0.0943. The molecule has 286 valence electrons. The molecular formula is C45H48N8O3. The fourth-order valence-corrected chi connectivity index (χ4v) is 6.48. The van der Waals surface area contributed by atoms with E-state index in [-0.39, 0.29) is 28.8 Å². The Labute approximate surface area is 327 Å². The molecule has 2 amide bonds. The number of aryl methyl sites for hydroxylation is 2. The van der Waals surface area contributed by atoms with Crippen LogP contribution in [0.2, 0.25) is 0 Å². The molecule has 6 rings (SSSR count). The Bertz CT molecular complexity index is 2190. The van der Waals surface area contributed by atoms with Crippen LogP contribution in [0.5, 0.6) is 5.75 Å². The molecule has 0 radical (unpaired) electrons. The first-order valence-electron chi connectivity index (χ1n) is 19.0. The van der Waals surface area contributed by atoms with Crippen molar-refractivity contribution in [1.29, 1.82) is 0 Å². The first kappa shape index (κ1) is 39.4. The van der Waals surface area contributed by atoms with Crippen LogP contribution in [0.3, 0.4) is 0 Å². The summed E-state index contributed by atoms with van der Waals surface area (Å²) in [4.78, 5) is 26.0. The fourth-order valence-electron chi connectivity index (χ4n) is 6.48. The zero-order valence-corrected chi connectivity index (χ0v) is 32.1. The van der Waals surface area contributed by atoms with E-state index in [1.54, 1.807) is 6.07 Å². The summed E-state index contributed by atoms with van der Waals surface area (Å²) in [5.41, 5.74) is 6.17. The minimum absolute atomic E-state index is 0.113. The molecule has 0 aliphatic rings. The maximum atomic E-state index is 13.1. The third-order valence-electron chi connectivity index (χ3n) is 9.64. The molecule has 0 unspecified atom stereocenters. The summed E-state index contributed by atoms with van der Waals surface area (Å²) in [5, 5.41) is 44.6. The minimum Gasteiger partial charge on any atom is -0.505 e. The van der Waals surface area contributed by atoms with Crippen molar-refractivity contribution in [2.45, 2.75) is 32.6 Å². The summed E-state index contributed by atoms with van der Waals surface area (Å²) in [6.07, 6.45) is 3.27. The van der Waals surface area contributed by atoms with Crippen molar-refractivity contribution in [2.75, 3.05) is 40.3 Å². The molecule has 0 saturated heterocycles. The van der Waals surface area contributed by atoms with Crippen LogP contribution in [0.1, 0.15) is 50.2 Å². The van der Waals surface area contributed by atoms with Crippen LogP contribution in [-0.2, 0) is 12.8 Å². The van der Waals surface area contributed by atoms with Gasteiger partial charge in [-0.3, -0.25) is 9.59 Å². The highest BCUT2D eigenvalue weighted by molar-refractivity contribution is 6.07. The summed E-state index contributed by atoms with van der Waals surface area (Å²) < 4.78 is 0. The number of benzene rings is 6. The summed E-state index contributed by atoms with van der Waals surface area (Å²) in [6, 6.07) is 34.9. The molecule has 11 heteroatoms. The summed E-state index contributed by atoms with van der Waals surface area (Å²) in [7, 11) is 3.76. The average molecular weight is 749 g/mol. The Hall–Kier alpha value is -6.30. The van der Waals surface area contributed by atoms with Gasteiger partial charge in [-0.05, 0) is 124 Å². The molecule has 6 aromatic carbocycles. The summed E-state index contributed by atoms with van der Waals surface area (Å²) >= 11 is 0. The number of fused-ring (bicyclic) bond motifs is 2. The number of carbonyl (C=O) groups is 2. The molecule has 0 heterocycles. The van der Waals surface area contributed by atoms with E-state index < -0.39 is 0 Å². The number of carbonyl (C=O) groups excluding carboxylic acids is 2. The van der Waals surface area contributed by atoms with Crippen LogP contribution in [0.4, 0.5) is 22.7 Å². The highest BCUT2D eigenvalue weighted by Gasteiger charge is 2.19. The first-order chi connectivity index (χ1) is 27.4. The molecular weight excluding hydrogens is 701 g/mol. The predicted octanol–water partition coefficient (Wildman–Crippen LogP) is 9.30. The molecule has 6 aromatic rings. The maximum Gasteiger partial charge on any atom is 0.255 e. The Morgan fingerprint density at radius 1 is 0.554 bits per heavy atom. The second-order valence-corrected chi connectivity index (χ2v) is 13.6. The van der Waals surface area contributed by atoms with Gasteiger partial charge in [0.2, 0.25) is 0 Å². The van der Waals surface area contributed by atoms with Gasteiger partial charge in [0.05, 0.1) is 22.6 Å². The smallest absolute Gasteiger partial charge is 0.255 e. The molecule has 0 bridgehead atoms. The van der Waals surface area contributed by atoms with Gasteiger partial charge >= 0.3 is 0 Å². The lowest BCUT2D eigenvalue weighted by Crippen LogP contribution is -2.27. The van der Waals surface area contributed by atoms with E-state index in [1.807, 2.05) is 112 Å². The molecule has 56 heavy (non-hydrogen) atoms. The van der Waals surface area contributed by atoms with Gasteiger partial charge < -0.3 is 26.4 Å². The van der Waals surface area contributed by atoms with Crippen LogP contribution in [0.25, 0.3) is 21.5 Å². The quantitative estimate of drug-likeness (QED) is 0.0465. The maximum absolute atomic E-state index is 13.1. The third kappa shape index (κ3) is 9.86. The Kier molecular flexibility index (Phi) is 13.6. The Morgan fingerprint density at radius 2 is 1.00 bits per heavy atom.